The summed E-state index contributed by atoms with van der Waals surface area (Å²) in [5, 5.41) is 0. The molecule has 1 fully saturated rings. The third kappa shape index (κ3) is 4.49. The molecule has 6 heteroatoms. The second-order valence-corrected chi connectivity index (χ2v) is 7.72. The zero-order chi connectivity index (χ0) is 17.0. The van der Waals surface area contributed by atoms with Gasteiger partial charge >= 0.3 is 0 Å². The van der Waals surface area contributed by atoms with Gasteiger partial charge in [0, 0.05) is 24.5 Å². The first-order valence-corrected chi connectivity index (χ1v) is 9.66. The molecule has 0 aliphatic carbocycles. The van der Waals surface area contributed by atoms with E-state index in [1.807, 2.05) is 43.3 Å². The van der Waals surface area contributed by atoms with Gasteiger partial charge in [0.2, 0.25) is 10.0 Å². The van der Waals surface area contributed by atoms with Crippen molar-refractivity contribution in [2.45, 2.75) is 12.7 Å². The minimum absolute atomic E-state index is 0.0279. The fourth-order valence-corrected chi connectivity index (χ4v) is 3.98. The van der Waals surface area contributed by atoms with Crippen LogP contribution in [0.3, 0.4) is 0 Å². The van der Waals surface area contributed by atoms with Gasteiger partial charge in [-0.25, -0.2) is 8.42 Å². The topological polar surface area (TPSA) is 58.6 Å². The van der Waals surface area contributed by atoms with Crippen molar-refractivity contribution in [3.05, 3.63) is 59.7 Å². The average Bonchev–Trinajstić information content (AvgIpc) is 2.55. The molecule has 3 rings (SSSR count). The second-order valence-electron chi connectivity index (χ2n) is 6.00. The van der Waals surface area contributed by atoms with Gasteiger partial charge in [0.05, 0.1) is 19.0 Å². The molecule has 0 spiro atoms. The van der Waals surface area contributed by atoms with Crippen molar-refractivity contribution < 1.29 is 13.2 Å². The summed E-state index contributed by atoms with van der Waals surface area (Å²) in [5.74, 6) is -0.0279. The molecule has 128 valence electrons. The molecule has 1 aliphatic rings. The fraction of sp³-hybridized carbons (Fsp3) is 0.333. The van der Waals surface area contributed by atoms with Crippen molar-refractivity contribution in [2.24, 2.45) is 0 Å². The third-order valence-electron chi connectivity index (χ3n) is 3.96. The molecule has 0 radical (unpaired) electrons. The Morgan fingerprint density at radius 3 is 2.46 bits per heavy atom. The molecule has 1 N–H and O–H groups in total. The largest absolute Gasteiger partial charge is 0.378 e. The molecule has 5 nitrogen and oxygen atoms in total. The number of ether oxygens (including phenoxy) is 1. The Kier molecular flexibility index (Phi) is 5.06. The Hall–Kier alpha value is -2.05. The van der Waals surface area contributed by atoms with Crippen molar-refractivity contribution in [1.82, 2.24) is 0 Å². The Balaban J connectivity index is 1.66. The van der Waals surface area contributed by atoms with Crippen LogP contribution in [0, 0.1) is 6.92 Å². The number of sulfonamides is 1. The van der Waals surface area contributed by atoms with Gasteiger partial charge < -0.3 is 9.64 Å². The Morgan fingerprint density at radius 2 is 1.79 bits per heavy atom. The highest BCUT2D eigenvalue weighted by Gasteiger charge is 2.14. The minimum Gasteiger partial charge on any atom is -0.378 e. The number of morpholine rings is 1. The van der Waals surface area contributed by atoms with E-state index in [4.69, 9.17) is 4.74 Å². The number of benzene rings is 2. The molecular formula is C18H22N2O3S. The molecule has 1 heterocycles. The molecule has 2 aromatic rings. The van der Waals surface area contributed by atoms with Crippen LogP contribution < -0.4 is 9.62 Å². The Bertz CT molecular complexity index is 782. The van der Waals surface area contributed by atoms with Gasteiger partial charge in [0.1, 0.15) is 0 Å². The summed E-state index contributed by atoms with van der Waals surface area (Å²) in [4.78, 5) is 2.23. The number of hydrogen-bond acceptors (Lipinski definition) is 4. The molecule has 1 aliphatic heterocycles. The number of anilines is 2. The van der Waals surface area contributed by atoms with Gasteiger partial charge in [-0.2, -0.15) is 0 Å². The van der Waals surface area contributed by atoms with Gasteiger partial charge in [-0.1, -0.05) is 29.8 Å². The van der Waals surface area contributed by atoms with E-state index in [0.29, 0.717) is 5.69 Å². The van der Waals surface area contributed by atoms with E-state index in [9.17, 15) is 8.42 Å². The van der Waals surface area contributed by atoms with E-state index in [-0.39, 0.29) is 5.75 Å². The smallest absolute Gasteiger partial charge is 0.236 e. The lowest BCUT2D eigenvalue weighted by Crippen LogP contribution is -2.36. The van der Waals surface area contributed by atoms with Crippen molar-refractivity contribution in [3.63, 3.8) is 0 Å². The molecule has 0 aromatic heterocycles. The molecule has 0 bridgehead atoms. The van der Waals surface area contributed by atoms with E-state index in [1.165, 1.54) is 0 Å². The first-order chi connectivity index (χ1) is 11.5. The van der Waals surface area contributed by atoms with Gasteiger partial charge in [-0.3, -0.25) is 4.72 Å². The summed E-state index contributed by atoms with van der Waals surface area (Å²) < 4.78 is 32.6. The van der Waals surface area contributed by atoms with E-state index in [0.717, 1.165) is 43.1 Å². The zero-order valence-electron chi connectivity index (χ0n) is 13.7. The highest BCUT2D eigenvalue weighted by Crippen LogP contribution is 2.20. The monoisotopic (exact) mass is 346 g/mol. The van der Waals surface area contributed by atoms with Crippen molar-refractivity contribution >= 4 is 21.4 Å². The lowest BCUT2D eigenvalue weighted by atomic mass is 10.2. The highest BCUT2D eigenvalue weighted by molar-refractivity contribution is 7.91. The summed E-state index contributed by atoms with van der Waals surface area (Å²) in [6, 6.07) is 15.0. The maximum Gasteiger partial charge on any atom is 0.236 e. The Morgan fingerprint density at radius 1 is 1.08 bits per heavy atom. The van der Waals surface area contributed by atoms with Crippen molar-refractivity contribution in [2.75, 3.05) is 35.9 Å². The number of rotatable bonds is 5. The number of aryl methyl sites for hydroxylation is 1. The van der Waals surface area contributed by atoms with Crippen LogP contribution in [0.5, 0.6) is 0 Å². The SMILES string of the molecule is Cc1cccc(CS(=O)(=O)Nc2ccc(N3CCOCC3)cc2)c1. The maximum atomic E-state index is 12.3. The lowest BCUT2D eigenvalue weighted by Gasteiger charge is -2.28. The lowest BCUT2D eigenvalue weighted by molar-refractivity contribution is 0.122. The van der Waals surface area contributed by atoms with Crippen LogP contribution in [0.15, 0.2) is 48.5 Å². The summed E-state index contributed by atoms with van der Waals surface area (Å²) in [6.45, 7) is 5.13. The predicted molar refractivity (Wildman–Crippen MR) is 96.9 cm³/mol. The molecular weight excluding hydrogens is 324 g/mol. The average molecular weight is 346 g/mol. The molecule has 0 amide bonds. The van der Waals surface area contributed by atoms with Crippen LogP contribution in [0.2, 0.25) is 0 Å². The fourth-order valence-electron chi connectivity index (χ4n) is 2.80. The minimum atomic E-state index is -3.43. The molecule has 1 saturated heterocycles. The van der Waals surface area contributed by atoms with Crippen LogP contribution >= 0.6 is 0 Å². The number of hydrogen-bond donors (Lipinski definition) is 1. The normalized spacial score (nSPS) is 15.3. The second kappa shape index (κ2) is 7.23. The van der Waals surface area contributed by atoms with Gasteiger partial charge in [-0.05, 0) is 36.8 Å². The maximum absolute atomic E-state index is 12.3. The molecule has 0 saturated carbocycles. The summed E-state index contributed by atoms with van der Waals surface area (Å²) in [5.41, 5.74) is 3.50. The molecule has 24 heavy (non-hydrogen) atoms. The first kappa shape index (κ1) is 16.8. The van der Waals surface area contributed by atoms with E-state index >= 15 is 0 Å². The van der Waals surface area contributed by atoms with E-state index < -0.39 is 10.0 Å². The summed E-state index contributed by atoms with van der Waals surface area (Å²) in [6.07, 6.45) is 0. The van der Waals surface area contributed by atoms with Crippen LogP contribution in [0.25, 0.3) is 0 Å². The highest BCUT2D eigenvalue weighted by atomic mass is 32.2. The van der Waals surface area contributed by atoms with Crippen LogP contribution in [-0.4, -0.2) is 34.7 Å². The van der Waals surface area contributed by atoms with Crippen molar-refractivity contribution in [1.29, 1.82) is 0 Å². The standard InChI is InChI=1S/C18H22N2O3S/c1-15-3-2-4-16(13-15)14-24(21,22)19-17-5-7-18(8-6-17)20-9-11-23-12-10-20/h2-8,13,19H,9-12,14H2,1H3. The van der Waals surface area contributed by atoms with E-state index in [2.05, 4.69) is 9.62 Å². The van der Waals surface area contributed by atoms with Crippen LogP contribution in [0.4, 0.5) is 11.4 Å². The molecule has 0 unspecified atom stereocenters. The third-order valence-corrected chi connectivity index (χ3v) is 5.22. The van der Waals surface area contributed by atoms with Crippen LogP contribution in [0.1, 0.15) is 11.1 Å². The summed E-state index contributed by atoms with van der Waals surface area (Å²) in [7, 11) is -3.43. The summed E-state index contributed by atoms with van der Waals surface area (Å²) >= 11 is 0. The first-order valence-electron chi connectivity index (χ1n) is 8.01. The molecule has 0 atom stereocenters. The number of nitrogens with one attached hydrogen (secondary N) is 1. The van der Waals surface area contributed by atoms with Gasteiger partial charge in [0.25, 0.3) is 0 Å². The van der Waals surface area contributed by atoms with Crippen molar-refractivity contribution in [3.8, 4) is 0 Å². The van der Waals surface area contributed by atoms with Gasteiger partial charge in [0.15, 0.2) is 0 Å². The predicted octanol–water partition coefficient (Wildman–Crippen LogP) is 2.77. The zero-order valence-corrected chi connectivity index (χ0v) is 14.6. The van der Waals surface area contributed by atoms with Gasteiger partial charge in [-0.15, -0.1) is 0 Å². The van der Waals surface area contributed by atoms with Crippen LogP contribution in [-0.2, 0) is 20.5 Å². The van der Waals surface area contributed by atoms with E-state index in [1.54, 1.807) is 12.1 Å². The Labute approximate surface area is 143 Å². The quantitative estimate of drug-likeness (QED) is 0.904. The molecule has 2 aromatic carbocycles. The number of nitrogens with zero attached hydrogens (tertiary/aromatic N) is 1.